The summed E-state index contributed by atoms with van der Waals surface area (Å²) in [5, 5.41) is 16.2. The third-order valence-corrected chi connectivity index (χ3v) is 3.89. The van der Waals surface area contributed by atoms with Crippen molar-refractivity contribution in [3.8, 4) is 11.3 Å². The van der Waals surface area contributed by atoms with Gasteiger partial charge in [-0.25, -0.2) is 4.98 Å². The van der Waals surface area contributed by atoms with Crippen molar-refractivity contribution in [2.24, 2.45) is 0 Å². The highest BCUT2D eigenvalue weighted by Gasteiger charge is 2.14. The van der Waals surface area contributed by atoms with Crippen molar-refractivity contribution in [3.63, 3.8) is 0 Å². The third kappa shape index (κ3) is 5.22. The molecule has 0 saturated heterocycles. The van der Waals surface area contributed by atoms with Gasteiger partial charge in [0.25, 0.3) is 17.5 Å². The summed E-state index contributed by atoms with van der Waals surface area (Å²) < 4.78 is 5.50. The molecule has 10 heteroatoms. The fourth-order valence-corrected chi connectivity index (χ4v) is 2.47. The Bertz CT molecular complexity index is 1020. The molecule has 10 nitrogen and oxygen atoms in total. The summed E-state index contributed by atoms with van der Waals surface area (Å²) in [6, 6.07) is 9.04. The SMILES string of the molecule is O=C(NCCCNC(=O)c1ccc(-c2cccc([N+](=O)[O-])c2)o1)c1cnccn1. The molecular formula is C19H17N5O5. The van der Waals surface area contributed by atoms with Crippen LogP contribution in [0, 0.1) is 10.1 Å². The second kappa shape index (κ2) is 9.22. The monoisotopic (exact) mass is 395 g/mol. The summed E-state index contributed by atoms with van der Waals surface area (Å²) in [4.78, 5) is 42.1. The normalized spacial score (nSPS) is 10.3. The molecule has 0 saturated carbocycles. The molecule has 3 aromatic rings. The van der Waals surface area contributed by atoms with Gasteiger partial charge < -0.3 is 15.1 Å². The highest BCUT2D eigenvalue weighted by atomic mass is 16.6. The van der Waals surface area contributed by atoms with Crippen LogP contribution in [0.25, 0.3) is 11.3 Å². The molecular weight excluding hydrogens is 378 g/mol. The van der Waals surface area contributed by atoms with E-state index in [0.717, 1.165) is 0 Å². The van der Waals surface area contributed by atoms with E-state index in [1.807, 2.05) is 0 Å². The lowest BCUT2D eigenvalue weighted by atomic mass is 10.1. The first kappa shape index (κ1) is 19.7. The second-order valence-electron chi connectivity index (χ2n) is 5.93. The van der Waals surface area contributed by atoms with Gasteiger partial charge in [0.1, 0.15) is 11.5 Å². The van der Waals surface area contributed by atoms with Gasteiger partial charge in [0.2, 0.25) is 0 Å². The van der Waals surface area contributed by atoms with Crippen molar-refractivity contribution >= 4 is 17.5 Å². The van der Waals surface area contributed by atoms with Crippen LogP contribution < -0.4 is 10.6 Å². The molecule has 0 bridgehead atoms. The van der Waals surface area contributed by atoms with Crippen LogP contribution in [0.3, 0.4) is 0 Å². The van der Waals surface area contributed by atoms with Gasteiger partial charge in [-0.3, -0.25) is 24.7 Å². The molecule has 2 N–H and O–H groups in total. The molecule has 1 aromatic carbocycles. The number of nitro benzene ring substituents is 1. The summed E-state index contributed by atoms with van der Waals surface area (Å²) in [6.45, 7) is 0.680. The van der Waals surface area contributed by atoms with Crippen LogP contribution in [-0.2, 0) is 0 Å². The number of amides is 2. The first-order valence-electron chi connectivity index (χ1n) is 8.71. The molecule has 2 amide bonds. The molecule has 0 fully saturated rings. The Morgan fingerprint density at radius 2 is 1.86 bits per heavy atom. The number of nitro groups is 1. The van der Waals surface area contributed by atoms with Crippen LogP contribution in [-0.4, -0.2) is 39.8 Å². The molecule has 0 radical (unpaired) electrons. The van der Waals surface area contributed by atoms with Crippen LogP contribution in [0.4, 0.5) is 5.69 Å². The van der Waals surface area contributed by atoms with Crippen LogP contribution >= 0.6 is 0 Å². The minimum atomic E-state index is -0.497. The molecule has 148 valence electrons. The quantitative estimate of drug-likeness (QED) is 0.338. The summed E-state index contributed by atoms with van der Waals surface area (Å²) in [5.41, 5.74) is 0.666. The Kier molecular flexibility index (Phi) is 6.25. The summed E-state index contributed by atoms with van der Waals surface area (Å²) in [6.07, 6.45) is 4.79. The van der Waals surface area contributed by atoms with Crippen molar-refractivity contribution < 1.29 is 18.9 Å². The standard InChI is InChI=1S/C19H17N5O5/c25-18(15-12-20-9-10-21-15)22-7-2-8-23-19(26)17-6-5-16(29-17)13-3-1-4-14(11-13)24(27)28/h1,3-6,9-12H,2,7-8H2,(H,22,25)(H,23,26). The van der Waals surface area contributed by atoms with Crippen molar-refractivity contribution in [2.45, 2.75) is 6.42 Å². The minimum absolute atomic E-state index is 0.0616. The predicted molar refractivity (Wildman–Crippen MR) is 102 cm³/mol. The second-order valence-corrected chi connectivity index (χ2v) is 5.93. The number of nitrogens with zero attached hydrogens (tertiary/aromatic N) is 3. The number of benzene rings is 1. The number of rotatable bonds is 8. The smallest absolute Gasteiger partial charge is 0.287 e. The highest BCUT2D eigenvalue weighted by Crippen LogP contribution is 2.25. The predicted octanol–water partition coefficient (Wildman–Crippen LogP) is 2.19. The number of hydrogen-bond acceptors (Lipinski definition) is 7. The van der Waals surface area contributed by atoms with E-state index in [2.05, 4.69) is 20.6 Å². The topological polar surface area (TPSA) is 140 Å². The molecule has 0 aliphatic rings. The number of furan rings is 1. The van der Waals surface area contributed by atoms with Crippen molar-refractivity contribution in [3.05, 3.63) is 76.6 Å². The van der Waals surface area contributed by atoms with E-state index in [1.54, 1.807) is 18.2 Å². The van der Waals surface area contributed by atoms with E-state index in [9.17, 15) is 19.7 Å². The van der Waals surface area contributed by atoms with Crippen molar-refractivity contribution in [1.82, 2.24) is 20.6 Å². The Balaban J connectivity index is 1.46. The Morgan fingerprint density at radius 3 is 2.59 bits per heavy atom. The van der Waals surface area contributed by atoms with E-state index < -0.39 is 10.8 Å². The van der Waals surface area contributed by atoms with Crippen molar-refractivity contribution in [1.29, 1.82) is 0 Å². The van der Waals surface area contributed by atoms with Gasteiger partial charge in [0.05, 0.1) is 11.1 Å². The van der Waals surface area contributed by atoms with Gasteiger partial charge >= 0.3 is 0 Å². The summed E-state index contributed by atoms with van der Waals surface area (Å²) >= 11 is 0. The van der Waals surface area contributed by atoms with Crippen molar-refractivity contribution in [2.75, 3.05) is 13.1 Å². The lowest BCUT2D eigenvalue weighted by molar-refractivity contribution is -0.384. The zero-order chi connectivity index (χ0) is 20.6. The average Bonchev–Trinajstić information content (AvgIpc) is 3.24. The number of hydrogen-bond donors (Lipinski definition) is 2. The maximum atomic E-state index is 12.2. The lowest BCUT2D eigenvalue weighted by Crippen LogP contribution is -2.30. The van der Waals surface area contributed by atoms with E-state index >= 15 is 0 Å². The number of carbonyl (C=O) groups is 2. The fraction of sp³-hybridized carbons (Fsp3) is 0.158. The lowest BCUT2D eigenvalue weighted by Gasteiger charge is -2.05. The molecule has 0 spiro atoms. The van der Waals surface area contributed by atoms with Gasteiger partial charge in [-0.15, -0.1) is 0 Å². The molecule has 0 aliphatic carbocycles. The zero-order valence-electron chi connectivity index (χ0n) is 15.2. The summed E-state index contributed by atoms with van der Waals surface area (Å²) in [7, 11) is 0. The fourth-order valence-electron chi connectivity index (χ4n) is 2.47. The Morgan fingerprint density at radius 1 is 1.07 bits per heavy atom. The highest BCUT2D eigenvalue weighted by molar-refractivity contribution is 5.92. The molecule has 29 heavy (non-hydrogen) atoms. The number of aromatic nitrogens is 2. The molecule has 3 rings (SSSR count). The summed E-state index contributed by atoms with van der Waals surface area (Å²) in [5.74, 6) is -0.302. The van der Waals surface area contributed by atoms with Crippen LogP contribution in [0.2, 0.25) is 0 Å². The van der Waals surface area contributed by atoms with Crippen LogP contribution in [0.1, 0.15) is 27.5 Å². The van der Waals surface area contributed by atoms with Gasteiger partial charge in [0, 0.05) is 43.2 Å². The first-order valence-corrected chi connectivity index (χ1v) is 8.71. The molecule has 0 atom stereocenters. The largest absolute Gasteiger partial charge is 0.451 e. The maximum absolute atomic E-state index is 12.2. The maximum Gasteiger partial charge on any atom is 0.287 e. The van der Waals surface area contributed by atoms with Gasteiger partial charge in [-0.2, -0.15) is 0 Å². The Labute approximate surface area is 165 Å². The molecule has 0 unspecified atom stereocenters. The van der Waals surface area contributed by atoms with Crippen LogP contribution in [0.15, 0.2) is 59.4 Å². The number of nitrogens with one attached hydrogen (secondary N) is 2. The number of non-ortho nitro benzene ring substituents is 1. The van der Waals surface area contributed by atoms with E-state index in [1.165, 1.54) is 36.8 Å². The number of carbonyl (C=O) groups excluding carboxylic acids is 2. The first-order chi connectivity index (χ1) is 14.0. The Hall–Kier alpha value is -4.08. The van der Waals surface area contributed by atoms with E-state index in [0.29, 0.717) is 30.8 Å². The molecule has 0 aliphatic heterocycles. The molecule has 2 heterocycles. The van der Waals surface area contributed by atoms with E-state index in [4.69, 9.17) is 4.42 Å². The molecule has 2 aromatic heterocycles. The van der Waals surface area contributed by atoms with Crippen LogP contribution in [0.5, 0.6) is 0 Å². The average molecular weight is 395 g/mol. The minimum Gasteiger partial charge on any atom is -0.451 e. The van der Waals surface area contributed by atoms with Gasteiger partial charge in [-0.05, 0) is 18.6 Å². The van der Waals surface area contributed by atoms with Gasteiger partial charge in [0.15, 0.2) is 5.76 Å². The van der Waals surface area contributed by atoms with E-state index in [-0.39, 0.29) is 23.0 Å². The zero-order valence-corrected chi connectivity index (χ0v) is 15.2. The third-order valence-electron chi connectivity index (χ3n) is 3.89. The van der Waals surface area contributed by atoms with Gasteiger partial charge in [-0.1, -0.05) is 12.1 Å².